The smallest absolute Gasteiger partial charge is 0.334 e. The number of nitrogens with zero attached hydrogens (tertiary/aromatic N) is 2. The van der Waals surface area contributed by atoms with E-state index in [0.29, 0.717) is 17.4 Å². The molecule has 0 bridgehead atoms. The summed E-state index contributed by atoms with van der Waals surface area (Å²) in [5, 5.41) is 5.73. The highest BCUT2D eigenvalue weighted by Crippen LogP contribution is 2.25. The Hall–Kier alpha value is -3.68. The Kier molecular flexibility index (Phi) is 6.41. The van der Waals surface area contributed by atoms with Gasteiger partial charge >= 0.3 is 11.7 Å². The van der Waals surface area contributed by atoms with Gasteiger partial charge in [0.1, 0.15) is 10.0 Å². The van der Waals surface area contributed by atoms with Crippen molar-refractivity contribution in [2.75, 3.05) is 17.2 Å². The van der Waals surface area contributed by atoms with Gasteiger partial charge in [-0.25, -0.2) is 32.3 Å². The van der Waals surface area contributed by atoms with Crippen molar-refractivity contribution in [3.8, 4) is 5.82 Å². The monoisotopic (exact) mass is 520 g/mol. The normalized spacial score (nSPS) is 11.4. The van der Waals surface area contributed by atoms with Crippen LogP contribution in [0.2, 0.25) is 4.34 Å². The molecule has 0 fully saturated rings. The standard InChI is InChI=1S/C20H17ClN6O5S2/c1-2-22-11-3-5-13-14(9-11)25-20(30)27(18(13)28)16-7-4-12(10-23-16)24-19(29)26-34(31,32)17-8-6-15(21)33-17/h3-10,22H,2H2,1H3,(H,25,30)(H2,24,26,29). The number of fused-ring (bicyclic) bond motifs is 1. The molecule has 3 aromatic heterocycles. The number of thiophene rings is 1. The van der Waals surface area contributed by atoms with Crippen LogP contribution in [0.1, 0.15) is 6.92 Å². The van der Waals surface area contributed by atoms with Gasteiger partial charge in [-0.3, -0.25) is 4.79 Å². The molecule has 0 radical (unpaired) electrons. The van der Waals surface area contributed by atoms with Crippen molar-refractivity contribution in [1.82, 2.24) is 19.3 Å². The summed E-state index contributed by atoms with van der Waals surface area (Å²) in [6.07, 6.45) is 1.19. The summed E-state index contributed by atoms with van der Waals surface area (Å²) in [4.78, 5) is 44.3. The second kappa shape index (κ2) is 9.29. The van der Waals surface area contributed by atoms with Gasteiger partial charge in [0.15, 0.2) is 0 Å². The van der Waals surface area contributed by atoms with Crippen LogP contribution in [0.3, 0.4) is 0 Å². The molecule has 0 spiro atoms. The van der Waals surface area contributed by atoms with Gasteiger partial charge in [0.25, 0.3) is 15.6 Å². The molecule has 4 aromatic rings. The Balaban J connectivity index is 1.55. The van der Waals surface area contributed by atoms with Crippen molar-refractivity contribution < 1.29 is 13.2 Å². The van der Waals surface area contributed by atoms with Gasteiger partial charge in [-0.05, 0) is 49.4 Å². The molecule has 0 aliphatic heterocycles. The van der Waals surface area contributed by atoms with Crippen LogP contribution in [0.4, 0.5) is 16.2 Å². The summed E-state index contributed by atoms with van der Waals surface area (Å²) in [7, 11) is -4.09. The van der Waals surface area contributed by atoms with Gasteiger partial charge in [0, 0.05) is 12.2 Å². The van der Waals surface area contributed by atoms with Crippen molar-refractivity contribution in [3.05, 3.63) is 73.8 Å². The maximum absolute atomic E-state index is 12.9. The predicted molar refractivity (Wildman–Crippen MR) is 131 cm³/mol. The zero-order chi connectivity index (χ0) is 24.5. The number of sulfonamides is 1. The average molecular weight is 521 g/mol. The Morgan fingerprint density at radius 1 is 1.15 bits per heavy atom. The molecule has 0 unspecified atom stereocenters. The Morgan fingerprint density at radius 2 is 1.91 bits per heavy atom. The zero-order valence-corrected chi connectivity index (χ0v) is 19.8. The SMILES string of the molecule is CCNc1ccc2c(=O)n(-c3ccc(NC(=O)NS(=O)(=O)c4ccc(Cl)s4)cn3)c(=O)[nH]c2c1. The lowest BCUT2D eigenvalue weighted by Gasteiger charge is -2.09. The molecule has 14 heteroatoms. The van der Waals surface area contributed by atoms with Crippen LogP contribution in [0, 0.1) is 0 Å². The molecule has 176 valence electrons. The molecule has 4 N–H and O–H groups in total. The van der Waals surface area contributed by atoms with E-state index in [1.54, 1.807) is 18.2 Å². The van der Waals surface area contributed by atoms with E-state index in [1.165, 1.54) is 30.5 Å². The van der Waals surface area contributed by atoms with Gasteiger partial charge in [0.2, 0.25) is 0 Å². The largest absolute Gasteiger partial charge is 0.385 e. The number of nitrogens with one attached hydrogen (secondary N) is 4. The number of anilines is 2. The van der Waals surface area contributed by atoms with Crippen LogP contribution >= 0.6 is 22.9 Å². The summed E-state index contributed by atoms with van der Waals surface area (Å²) in [6.45, 7) is 2.61. The lowest BCUT2D eigenvalue weighted by atomic mass is 10.2. The summed E-state index contributed by atoms with van der Waals surface area (Å²) < 4.78 is 27.3. The zero-order valence-electron chi connectivity index (χ0n) is 17.5. The van der Waals surface area contributed by atoms with Gasteiger partial charge in [-0.15, -0.1) is 11.3 Å². The third-order valence-corrected chi connectivity index (χ3v) is 7.61. The second-order valence-electron chi connectivity index (χ2n) is 6.88. The molecule has 0 aliphatic rings. The number of H-pyrrole nitrogens is 1. The number of hydrogen-bond acceptors (Lipinski definition) is 8. The van der Waals surface area contributed by atoms with E-state index in [1.807, 2.05) is 11.6 Å². The highest BCUT2D eigenvalue weighted by molar-refractivity contribution is 7.92. The Morgan fingerprint density at radius 3 is 2.56 bits per heavy atom. The molecule has 4 rings (SSSR count). The van der Waals surface area contributed by atoms with Crippen LogP contribution in [0.5, 0.6) is 0 Å². The van der Waals surface area contributed by atoms with Gasteiger partial charge in [-0.2, -0.15) is 0 Å². The highest BCUT2D eigenvalue weighted by Gasteiger charge is 2.20. The second-order valence-corrected chi connectivity index (χ2v) is 10.5. The molecular formula is C20H17ClN6O5S2. The predicted octanol–water partition coefficient (Wildman–Crippen LogP) is 2.73. The number of carbonyl (C=O) groups is 1. The molecule has 0 saturated heterocycles. The first kappa shape index (κ1) is 23.5. The summed E-state index contributed by atoms with van der Waals surface area (Å²) in [5.74, 6) is 0.0238. The first-order valence-electron chi connectivity index (χ1n) is 9.76. The number of pyridine rings is 1. The molecule has 0 atom stereocenters. The van der Waals surface area contributed by atoms with Crippen molar-refractivity contribution in [3.63, 3.8) is 0 Å². The van der Waals surface area contributed by atoms with E-state index in [9.17, 15) is 22.8 Å². The number of benzene rings is 1. The summed E-state index contributed by atoms with van der Waals surface area (Å²) in [6, 6.07) is 9.38. The van der Waals surface area contributed by atoms with Crippen LogP contribution in [-0.4, -0.2) is 35.5 Å². The lowest BCUT2D eigenvalue weighted by molar-refractivity contribution is 0.256. The van der Waals surface area contributed by atoms with E-state index in [4.69, 9.17) is 11.6 Å². The fourth-order valence-electron chi connectivity index (χ4n) is 3.10. The Labute approximate surface area is 201 Å². The topological polar surface area (TPSA) is 155 Å². The Bertz CT molecular complexity index is 1610. The van der Waals surface area contributed by atoms with Crippen molar-refractivity contribution in [2.45, 2.75) is 11.1 Å². The molecule has 3 heterocycles. The van der Waals surface area contributed by atoms with Crippen LogP contribution in [0.25, 0.3) is 16.7 Å². The number of carbonyl (C=O) groups excluding carboxylic acids is 1. The first-order chi connectivity index (χ1) is 16.2. The number of halogens is 1. The highest BCUT2D eigenvalue weighted by atomic mass is 35.5. The van der Waals surface area contributed by atoms with E-state index >= 15 is 0 Å². The maximum Gasteiger partial charge on any atom is 0.334 e. The van der Waals surface area contributed by atoms with Gasteiger partial charge in [0.05, 0.1) is 27.1 Å². The molecule has 1 aromatic carbocycles. The fraction of sp³-hybridized carbons (Fsp3) is 0.100. The van der Waals surface area contributed by atoms with Crippen molar-refractivity contribution in [2.24, 2.45) is 0 Å². The number of hydrogen-bond donors (Lipinski definition) is 4. The van der Waals surface area contributed by atoms with E-state index < -0.39 is 27.3 Å². The molecule has 34 heavy (non-hydrogen) atoms. The quantitative estimate of drug-likeness (QED) is 0.304. The number of amides is 2. The minimum Gasteiger partial charge on any atom is -0.385 e. The number of urea groups is 1. The van der Waals surface area contributed by atoms with E-state index in [-0.39, 0.29) is 20.1 Å². The van der Waals surface area contributed by atoms with Crippen LogP contribution in [0.15, 0.2) is 62.5 Å². The van der Waals surface area contributed by atoms with Gasteiger partial charge in [-0.1, -0.05) is 11.6 Å². The van der Waals surface area contributed by atoms with E-state index in [2.05, 4.69) is 20.6 Å². The minimum absolute atomic E-state index is 0.0238. The summed E-state index contributed by atoms with van der Waals surface area (Å²) >= 11 is 6.54. The maximum atomic E-state index is 12.9. The molecule has 11 nitrogen and oxygen atoms in total. The van der Waals surface area contributed by atoms with E-state index in [0.717, 1.165) is 21.6 Å². The molecule has 2 amide bonds. The average Bonchev–Trinajstić information content (AvgIpc) is 3.22. The number of rotatable bonds is 6. The van der Waals surface area contributed by atoms with Crippen LogP contribution < -0.4 is 26.6 Å². The van der Waals surface area contributed by atoms with Crippen LogP contribution in [-0.2, 0) is 10.0 Å². The van der Waals surface area contributed by atoms with Gasteiger partial charge < -0.3 is 15.6 Å². The molecule has 0 aliphatic carbocycles. The lowest BCUT2D eigenvalue weighted by Crippen LogP contribution is -2.35. The minimum atomic E-state index is -4.09. The number of aromatic amines is 1. The summed E-state index contributed by atoms with van der Waals surface area (Å²) in [5.41, 5.74) is 0.0409. The third-order valence-electron chi connectivity index (χ3n) is 4.55. The fourth-order valence-corrected chi connectivity index (χ4v) is 5.49. The molecular weight excluding hydrogens is 504 g/mol. The number of aromatic nitrogens is 3. The van der Waals surface area contributed by atoms with Crippen molar-refractivity contribution in [1.29, 1.82) is 0 Å². The molecule has 0 saturated carbocycles. The van der Waals surface area contributed by atoms with Crippen molar-refractivity contribution >= 4 is 61.3 Å². The first-order valence-corrected chi connectivity index (χ1v) is 12.4. The third kappa shape index (κ3) is 4.81.